The van der Waals surface area contributed by atoms with Crippen molar-refractivity contribution >= 4 is 11.8 Å². The lowest BCUT2D eigenvalue weighted by Gasteiger charge is -2.34. The van der Waals surface area contributed by atoms with E-state index in [9.17, 15) is 9.59 Å². The summed E-state index contributed by atoms with van der Waals surface area (Å²) in [5.41, 5.74) is 0.983. The van der Waals surface area contributed by atoms with Crippen LogP contribution in [-0.2, 0) is 16.1 Å². The van der Waals surface area contributed by atoms with Crippen LogP contribution in [0.4, 0.5) is 0 Å². The van der Waals surface area contributed by atoms with Gasteiger partial charge in [-0.05, 0) is 23.6 Å². The first-order valence-electron chi connectivity index (χ1n) is 6.72. The monoisotopic (exact) mass is 276 g/mol. The topological polar surface area (TPSA) is 58.6 Å². The molecule has 1 heterocycles. The normalized spacial score (nSPS) is 19.2. The van der Waals surface area contributed by atoms with Gasteiger partial charge in [0.1, 0.15) is 11.8 Å². The smallest absolute Gasteiger partial charge is 0.246 e. The molecule has 1 fully saturated rings. The predicted octanol–water partition coefficient (Wildman–Crippen LogP) is 1.18. The molecule has 2 rings (SSSR count). The van der Waals surface area contributed by atoms with Gasteiger partial charge in [-0.15, -0.1) is 0 Å². The summed E-state index contributed by atoms with van der Waals surface area (Å²) in [6.45, 7) is 4.42. The van der Waals surface area contributed by atoms with Crippen LogP contribution in [0.5, 0.6) is 5.75 Å². The standard InChI is InChI=1S/C15H20N2O3/c1-10(2)14-15(19)17(9-13(18)16-14)8-11-4-6-12(20-3)7-5-11/h4-7,10,14H,8-9H2,1-3H3,(H,16,18). The maximum atomic E-state index is 12.3. The predicted molar refractivity (Wildman–Crippen MR) is 75.2 cm³/mol. The molecule has 0 aromatic heterocycles. The zero-order chi connectivity index (χ0) is 14.7. The number of carbonyl (C=O) groups excluding carboxylic acids is 2. The third-order valence-electron chi connectivity index (χ3n) is 3.43. The number of amides is 2. The van der Waals surface area contributed by atoms with E-state index in [1.165, 1.54) is 0 Å². The number of nitrogens with zero attached hydrogens (tertiary/aromatic N) is 1. The van der Waals surface area contributed by atoms with Crippen LogP contribution in [0, 0.1) is 5.92 Å². The summed E-state index contributed by atoms with van der Waals surface area (Å²) < 4.78 is 5.10. The molecule has 1 atom stereocenters. The number of methoxy groups -OCH3 is 1. The van der Waals surface area contributed by atoms with Crippen LogP contribution in [0.3, 0.4) is 0 Å². The molecule has 0 saturated carbocycles. The Labute approximate surface area is 118 Å². The van der Waals surface area contributed by atoms with E-state index in [-0.39, 0.29) is 24.3 Å². The molecule has 0 bridgehead atoms. The van der Waals surface area contributed by atoms with Crippen molar-refractivity contribution in [3.05, 3.63) is 29.8 Å². The third-order valence-corrected chi connectivity index (χ3v) is 3.43. The molecule has 1 aliphatic heterocycles. The van der Waals surface area contributed by atoms with Crippen LogP contribution >= 0.6 is 0 Å². The number of carbonyl (C=O) groups is 2. The minimum atomic E-state index is -0.422. The Morgan fingerprint density at radius 1 is 1.30 bits per heavy atom. The second-order valence-corrected chi connectivity index (χ2v) is 5.33. The van der Waals surface area contributed by atoms with Crippen molar-refractivity contribution in [3.8, 4) is 5.75 Å². The number of ether oxygens (including phenoxy) is 1. The van der Waals surface area contributed by atoms with Crippen molar-refractivity contribution in [3.63, 3.8) is 0 Å². The van der Waals surface area contributed by atoms with Gasteiger partial charge in [-0.2, -0.15) is 0 Å². The summed E-state index contributed by atoms with van der Waals surface area (Å²) in [5.74, 6) is 0.744. The van der Waals surface area contributed by atoms with Gasteiger partial charge in [-0.3, -0.25) is 9.59 Å². The largest absolute Gasteiger partial charge is 0.497 e. The molecule has 2 amide bonds. The molecule has 1 aliphatic rings. The summed E-state index contributed by atoms with van der Waals surface area (Å²) in [6.07, 6.45) is 0. The second kappa shape index (κ2) is 5.94. The average molecular weight is 276 g/mol. The fourth-order valence-corrected chi connectivity index (χ4v) is 2.27. The Morgan fingerprint density at radius 3 is 2.50 bits per heavy atom. The molecule has 1 unspecified atom stereocenters. The van der Waals surface area contributed by atoms with Crippen LogP contribution in [0.25, 0.3) is 0 Å². The highest BCUT2D eigenvalue weighted by Crippen LogP contribution is 2.16. The highest BCUT2D eigenvalue weighted by molar-refractivity contribution is 5.94. The second-order valence-electron chi connectivity index (χ2n) is 5.33. The van der Waals surface area contributed by atoms with Gasteiger partial charge in [0, 0.05) is 6.54 Å². The SMILES string of the molecule is COc1ccc(CN2CC(=O)NC(C(C)C)C2=O)cc1. The quantitative estimate of drug-likeness (QED) is 0.898. The van der Waals surface area contributed by atoms with E-state index in [0.29, 0.717) is 6.54 Å². The van der Waals surface area contributed by atoms with Gasteiger partial charge < -0.3 is 15.0 Å². The first-order valence-corrected chi connectivity index (χ1v) is 6.72. The Hall–Kier alpha value is -2.04. The summed E-state index contributed by atoms with van der Waals surface area (Å²) in [4.78, 5) is 25.6. The Bertz CT molecular complexity index is 496. The summed E-state index contributed by atoms with van der Waals surface area (Å²) >= 11 is 0. The van der Waals surface area contributed by atoms with Crippen LogP contribution in [0.15, 0.2) is 24.3 Å². The zero-order valence-corrected chi connectivity index (χ0v) is 12.1. The number of hydrogen-bond acceptors (Lipinski definition) is 3. The zero-order valence-electron chi connectivity index (χ0n) is 12.1. The van der Waals surface area contributed by atoms with E-state index >= 15 is 0 Å². The van der Waals surface area contributed by atoms with E-state index in [4.69, 9.17) is 4.74 Å². The van der Waals surface area contributed by atoms with Crippen molar-refractivity contribution < 1.29 is 14.3 Å². The van der Waals surface area contributed by atoms with Crippen LogP contribution < -0.4 is 10.1 Å². The highest BCUT2D eigenvalue weighted by Gasteiger charge is 2.34. The van der Waals surface area contributed by atoms with Gasteiger partial charge in [0.15, 0.2) is 0 Å². The van der Waals surface area contributed by atoms with Crippen molar-refractivity contribution in [2.75, 3.05) is 13.7 Å². The van der Waals surface area contributed by atoms with Gasteiger partial charge in [0.2, 0.25) is 11.8 Å². The molecule has 1 aromatic carbocycles. The molecule has 0 aliphatic carbocycles. The van der Waals surface area contributed by atoms with E-state index in [1.807, 2.05) is 38.1 Å². The minimum absolute atomic E-state index is 0.0181. The van der Waals surface area contributed by atoms with Gasteiger partial charge >= 0.3 is 0 Å². The fourth-order valence-electron chi connectivity index (χ4n) is 2.27. The Kier molecular flexibility index (Phi) is 4.27. The van der Waals surface area contributed by atoms with Crippen LogP contribution in [-0.4, -0.2) is 36.4 Å². The molecule has 1 N–H and O–H groups in total. The van der Waals surface area contributed by atoms with Crippen LogP contribution in [0.1, 0.15) is 19.4 Å². The van der Waals surface area contributed by atoms with E-state index in [2.05, 4.69) is 5.32 Å². The maximum absolute atomic E-state index is 12.3. The minimum Gasteiger partial charge on any atom is -0.497 e. The number of benzene rings is 1. The number of hydrogen-bond donors (Lipinski definition) is 1. The lowest BCUT2D eigenvalue weighted by Crippen LogP contribution is -2.59. The van der Waals surface area contributed by atoms with Crippen LogP contribution in [0.2, 0.25) is 0 Å². The molecule has 5 heteroatoms. The molecular weight excluding hydrogens is 256 g/mol. The number of nitrogens with one attached hydrogen (secondary N) is 1. The number of piperazine rings is 1. The molecule has 20 heavy (non-hydrogen) atoms. The lowest BCUT2D eigenvalue weighted by atomic mass is 10.0. The molecule has 5 nitrogen and oxygen atoms in total. The molecule has 1 saturated heterocycles. The number of rotatable bonds is 4. The van der Waals surface area contributed by atoms with Crippen molar-refractivity contribution in [1.29, 1.82) is 0 Å². The first-order chi connectivity index (χ1) is 9.51. The average Bonchev–Trinajstić information content (AvgIpc) is 2.43. The lowest BCUT2D eigenvalue weighted by molar-refractivity contribution is -0.146. The molecular formula is C15H20N2O3. The van der Waals surface area contributed by atoms with Crippen molar-refractivity contribution in [1.82, 2.24) is 10.2 Å². The van der Waals surface area contributed by atoms with Gasteiger partial charge in [-0.25, -0.2) is 0 Å². The maximum Gasteiger partial charge on any atom is 0.246 e. The summed E-state index contributed by atoms with van der Waals surface area (Å²) in [6, 6.07) is 7.09. The molecule has 0 radical (unpaired) electrons. The molecule has 0 spiro atoms. The van der Waals surface area contributed by atoms with Crippen molar-refractivity contribution in [2.45, 2.75) is 26.4 Å². The summed E-state index contributed by atoms with van der Waals surface area (Å²) in [7, 11) is 1.61. The third kappa shape index (κ3) is 3.10. The molecule has 1 aromatic rings. The van der Waals surface area contributed by atoms with Gasteiger partial charge in [-0.1, -0.05) is 26.0 Å². The Morgan fingerprint density at radius 2 is 1.95 bits per heavy atom. The first kappa shape index (κ1) is 14.4. The van der Waals surface area contributed by atoms with E-state index in [1.54, 1.807) is 12.0 Å². The highest BCUT2D eigenvalue weighted by atomic mass is 16.5. The van der Waals surface area contributed by atoms with Gasteiger partial charge in [0.05, 0.1) is 13.7 Å². The van der Waals surface area contributed by atoms with E-state index in [0.717, 1.165) is 11.3 Å². The molecule has 108 valence electrons. The van der Waals surface area contributed by atoms with E-state index < -0.39 is 6.04 Å². The fraction of sp³-hybridized carbons (Fsp3) is 0.467. The Balaban J connectivity index is 2.10. The van der Waals surface area contributed by atoms with Gasteiger partial charge in [0.25, 0.3) is 0 Å². The summed E-state index contributed by atoms with van der Waals surface area (Å²) in [5, 5.41) is 2.75. The van der Waals surface area contributed by atoms with Crippen molar-refractivity contribution in [2.24, 2.45) is 5.92 Å².